The Labute approximate surface area is 141 Å². The van der Waals surface area contributed by atoms with Crippen LogP contribution in [0.15, 0.2) is 18.2 Å². The minimum Gasteiger partial charge on any atom is -0.481 e. The Kier molecular flexibility index (Phi) is 4.90. The molecule has 1 aliphatic carbocycles. The number of anilines is 1. The number of carbonyl (C=O) groups is 2. The Balaban J connectivity index is 2.22. The summed E-state index contributed by atoms with van der Waals surface area (Å²) < 4.78 is 5.22. The number of hydrogen-bond donors (Lipinski definition) is 2. The van der Waals surface area contributed by atoms with Gasteiger partial charge in [-0.3, -0.25) is 10.1 Å². The zero-order valence-electron chi connectivity index (χ0n) is 13.6. The van der Waals surface area contributed by atoms with E-state index in [1.165, 1.54) is 0 Å². The van der Waals surface area contributed by atoms with Crippen molar-refractivity contribution in [3.05, 3.63) is 28.8 Å². The van der Waals surface area contributed by atoms with Crippen LogP contribution >= 0.6 is 11.6 Å². The van der Waals surface area contributed by atoms with Crippen molar-refractivity contribution in [2.24, 2.45) is 0 Å². The summed E-state index contributed by atoms with van der Waals surface area (Å²) in [6.07, 6.45) is 2.16. The van der Waals surface area contributed by atoms with E-state index in [4.69, 9.17) is 21.4 Å². The number of carboxylic acids is 1. The Bertz CT molecular complexity index is 618. The second-order valence-corrected chi connectivity index (χ2v) is 7.43. The number of rotatable bonds is 4. The molecule has 1 amide bonds. The summed E-state index contributed by atoms with van der Waals surface area (Å²) in [6.45, 7) is 5.34. The summed E-state index contributed by atoms with van der Waals surface area (Å²) in [5, 5.41) is 12.2. The SMILES string of the molecule is CC(C)(C)OC(=O)Nc1cc(C2(CC(=O)O)CCC2)ccc1Cl. The van der Waals surface area contributed by atoms with E-state index in [0.717, 1.165) is 24.8 Å². The molecule has 2 rings (SSSR count). The van der Waals surface area contributed by atoms with Crippen molar-refractivity contribution in [2.45, 2.75) is 57.5 Å². The fourth-order valence-electron chi connectivity index (χ4n) is 2.83. The summed E-state index contributed by atoms with van der Waals surface area (Å²) in [5.41, 5.74) is 0.365. The van der Waals surface area contributed by atoms with Crippen LogP contribution in [0.3, 0.4) is 0 Å². The first-order valence-corrected chi connectivity index (χ1v) is 8.01. The van der Waals surface area contributed by atoms with Gasteiger partial charge in [0, 0.05) is 5.41 Å². The van der Waals surface area contributed by atoms with Crippen LogP contribution in [-0.2, 0) is 14.9 Å². The molecule has 1 fully saturated rings. The Hall–Kier alpha value is -1.75. The molecule has 126 valence electrons. The number of carbonyl (C=O) groups excluding carboxylic acids is 1. The number of ether oxygens (including phenoxy) is 1. The van der Waals surface area contributed by atoms with E-state index < -0.39 is 17.7 Å². The summed E-state index contributed by atoms with van der Waals surface area (Å²) in [4.78, 5) is 23.1. The molecule has 0 aliphatic heterocycles. The fourth-order valence-corrected chi connectivity index (χ4v) is 2.99. The Morgan fingerprint density at radius 3 is 2.48 bits per heavy atom. The highest BCUT2D eigenvalue weighted by Gasteiger charge is 2.40. The predicted octanol–water partition coefficient (Wildman–Crippen LogP) is 4.58. The molecule has 1 aliphatic rings. The van der Waals surface area contributed by atoms with E-state index in [1.54, 1.807) is 32.9 Å². The summed E-state index contributed by atoms with van der Waals surface area (Å²) in [6, 6.07) is 5.28. The number of carboxylic acid groups (broad SMARTS) is 1. The molecule has 0 radical (unpaired) electrons. The molecule has 0 spiro atoms. The third-order valence-corrected chi connectivity index (χ3v) is 4.34. The van der Waals surface area contributed by atoms with Gasteiger partial charge in [0.25, 0.3) is 0 Å². The van der Waals surface area contributed by atoms with Crippen LogP contribution < -0.4 is 5.32 Å². The summed E-state index contributed by atoms with van der Waals surface area (Å²) in [7, 11) is 0. The van der Waals surface area contributed by atoms with Crippen LogP contribution in [0.5, 0.6) is 0 Å². The monoisotopic (exact) mass is 339 g/mol. The fraction of sp³-hybridized carbons (Fsp3) is 0.529. The number of halogens is 1. The number of nitrogens with one attached hydrogen (secondary N) is 1. The Morgan fingerprint density at radius 1 is 1.35 bits per heavy atom. The maximum atomic E-state index is 11.9. The normalized spacial score (nSPS) is 16.3. The molecular weight excluding hydrogens is 318 g/mol. The van der Waals surface area contributed by atoms with E-state index >= 15 is 0 Å². The second kappa shape index (κ2) is 6.40. The standard InChI is InChI=1S/C17H22ClNO4/c1-16(2,3)23-15(22)19-13-9-11(5-6-12(13)18)17(7-4-8-17)10-14(20)21/h5-6,9H,4,7-8,10H2,1-3H3,(H,19,22)(H,20,21). The van der Waals surface area contributed by atoms with E-state index in [1.807, 2.05) is 6.07 Å². The number of aliphatic carboxylic acids is 1. The van der Waals surface area contributed by atoms with Crippen molar-refractivity contribution in [1.29, 1.82) is 0 Å². The number of amides is 1. The lowest BCUT2D eigenvalue weighted by molar-refractivity contribution is -0.139. The minimum atomic E-state index is -0.818. The van der Waals surface area contributed by atoms with Crippen LogP contribution in [0.4, 0.5) is 10.5 Å². The molecule has 5 nitrogen and oxygen atoms in total. The van der Waals surface area contributed by atoms with Gasteiger partial charge in [-0.2, -0.15) is 0 Å². The topological polar surface area (TPSA) is 75.6 Å². The molecule has 0 heterocycles. The third kappa shape index (κ3) is 4.38. The lowest BCUT2D eigenvalue weighted by atomic mass is 9.62. The highest BCUT2D eigenvalue weighted by molar-refractivity contribution is 6.33. The van der Waals surface area contributed by atoms with Gasteiger partial charge in [-0.25, -0.2) is 4.79 Å². The zero-order valence-corrected chi connectivity index (χ0v) is 14.4. The lowest BCUT2D eigenvalue weighted by Gasteiger charge is -2.41. The minimum absolute atomic E-state index is 0.0838. The average molecular weight is 340 g/mol. The highest BCUT2D eigenvalue weighted by Crippen LogP contribution is 2.47. The molecule has 6 heteroatoms. The largest absolute Gasteiger partial charge is 0.481 e. The molecule has 0 aromatic heterocycles. The van der Waals surface area contributed by atoms with Gasteiger partial charge in [-0.1, -0.05) is 24.1 Å². The van der Waals surface area contributed by atoms with Gasteiger partial charge in [0.1, 0.15) is 5.60 Å². The summed E-state index contributed by atoms with van der Waals surface area (Å²) >= 11 is 6.14. The van der Waals surface area contributed by atoms with E-state index in [2.05, 4.69) is 5.32 Å². The smallest absolute Gasteiger partial charge is 0.412 e. The van der Waals surface area contributed by atoms with Crippen molar-refractivity contribution in [2.75, 3.05) is 5.32 Å². The van der Waals surface area contributed by atoms with Crippen molar-refractivity contribution in [3.8, 4) is 0 Å². The third-order valence-electron chi connectivity index (χ3n) is 4.01. The van der Waals surface area contributed by atoms with Gasteiger partial charge < -0.3 is 9.84 Å². The van der Waals surface area contributed by atoms with Gasteiger partial charge >= 0.3 is 12.1 Å². The molecular formula is C17H22ClNO4. The molecule has 1 saturated carbocycles. The maximum Gasteiger partial charge on any atom is 0.412 e. The number of benzene rings is 1. The first-order valence-electron chi connectivity index (χ1n) is 7.63. The van der Waals surface area contributed by atoms with Crippen LogP contribution in [-0.4, -0.2) is 22.8 Å². The molecule has 0 atom stereocenters. The molecule has 2 N–H and O–H groups in total. The predicted molar refractivity (Wildman–Crippen MR) is 89.1 cm³/mol. The van der Waals surface area contributed by atoms with Crippen LogP contribution in [0.1, 0.15) is 52.0 Å². The first-order chi connectivity index (χ1) is 10.6. The molecule has 0 unspecified atom stereocenters. The molecule has 1 aromatic rings. The van der Waals surface area contributed by atoms with Crippen molar-refractivity contribution >= 4 is 29.4 Å². The lowest BCUT2D eigenvalue weighted by Crippen LogP contribution is -2.36. The van der Waals surface area contributed by atoms with E-state index in [-0.39, 0.29) is 11.8 Å². The van der Waals surface area contributed by atoms with Crippen molar-refractivity contribution < 1.29 is 19.4 Å². The number of hydrogen-bond acceptors (Lipinski definition) is 3. The Morgan fingerprint density at radius 2 is 2.00 bits per heavy atom. The van der Waals surface area contributed by atoms with Crippen molar-refractivity contribution in [3.63, 3.8) is 0 Å². The van der Waals surface area contributed by atoms with Gasteiger partial charge in [0.2, 0.25) is 0 Å². The average Bonchev–Trinajstić information content (AvgIpc) is 2.34. The highest BCUT2D eigenvalue weighted by atomic mass is 35.5. The summed E-state index contributed by atoms with van der Waals surface area (Å²) in [5.74, 6) is -0.818. The van der Waals surface area contributed by atoms with Gasteiger partial charge in [-0.05, 0) is 51.3 Å². The molecule has 0 bridgehead atoms. The first kappa shape index (κ1) is 17.6. The van der Waals surface area contributed by atoms with Gasteiger partial charge in [-0.15, -0.1) is 0 Å². The van der Waals surface area contributed by atoms with Gasteiger partial charge in [0.15, 0.2) is 0 Å². The van der Waals surface area contributed by atoms with Crippen LogP contribution in [0.25, 0.3) is 0 Å². The quantitative estimate of drug-likeness (QED) is 0.841. The molecule has 1 aromatic carbocycles. The maximum absolute atomic E-state index is 11.9. The van der Waals surface area contributed by atoms with E-state index in [9.17, 15) is 9.59 Å². The van der Waals surface area contributed by atoms with Crippen molar-refractivity contribution in [1.82, 2.24) is 0 Å². The van der Waals surface area contributed by atoms with Crippen LogP contribution in [0, 0.1) is 0 Å². The molecule has 0 saturated heterocycles. The van der Waals surface area contributed by atoms with Gasteiger partial charge in [0.05, 0.1) is 17.1 Å². The second-order valence-electron chi connectivity index (χ2n) is 7.03. The zero-order chi connectivity index (χ0) is 17.3. The van der Waals surface area contributed by atoms with Crippen LogP contribution in [0.2, 0.25) is 5.02 Å². The molecule has 23 heavy (non-hydrogen) atoms. The van der Waals surface area contributed by atoms with E-state index in [0.29, 0.717) is 10.7 Å².